The third-order valence-electron chi connectivity index (χ3n) is 3.40. The summed E-state index contributed by atoms with van der Waals surface area (Å²) in [5, 5.41) is 7.07. The molecule has 3 amide bonds. The van der Waals surface area contributed by atoms with E-state index in [1.165, 1.54) is 0 Å². The van der Waals surface area contributed by atoms with Gasteiger partial charge in [0.25, 0.3) is 0 Å². The highest BCUT2D eigenvalue weighted by Gasteiger charge is 2.23. The number of carbonyl (C=O) groups excluding carboxylic acids is 2. The fourth-order valence-electron chi connectivity index (χ4n) is 2.26. The smallest absolute Gasteiger partial charge is 0.317 e. The highest BCUT2D eigenvalue weighted by molar-refractivity contribution is 5.76. The average molecular weight is 279 g/mol. The summed E-state index contributed by atoms with van der Waals surface area (Å²) in [6.45, 7) is 6.53. The van der Waals surface area contributed by atoms with Crippen molar-refractivity contribution < 1.29 is 9.59 Å². The molecule has 20 heavy (non-hydrogen) atoms. The number of nitrogens with zero attached hydrogens (tertiary/aromatic N) is 4. The van der Waals surface area contributed by atoms with Gasteiger partial charge < -0.3 is 15.1 Å². The SMILES string of the molecule is CC(=O)N1CCN(C(=O)NC(C)Cn2cccn2)CC1. The molecule has 0 bridgehead atoms. The zero-order valence-corrected chi connectivity index (χ0v) is 12.0. The van der Waals surface area contributed by atoms with Gasteiger partial charge in [0.05, 0.1) is 6.54 Å². The van der Waals surface area contributed by atoms with Gasteiger partial charge in [-0.1, -0.05) is 0 Å². The molecule has 1 aliphatic heterocycles. The van der Waals surface area contributed by atoms with Crippen LogP contribution in [-0.2, 0) is 11.3 Å². The normalized spacial score (nSPS) is 16.9. The Balaban J connectivity index is 1.76. The van der Waals surface area contributed by atoms with E-state index in [0.717, 1.165) is 0 Å². The first-order valence-electron chi connectivity index (χ1n) is 6.84. The van der Waals surface area contributed by atoms with E-state index in [9.17, 15) is 9.59 Å². The monoisotopic (exact) mass is 279 g/mol. The maximum absolute atomic E-state index is 12.1. The third kappa shape index (κ3) is 3.72. The van der Waals surface area contributed by atoms with Crippen molar-refractivity contribution in [1.82, 2.24) is 24.9 Å². The van der Waals surface area contributed by atoms with Gasteiger partial charge in [0, 0.05) is 51.5 Å². The Morgan fingerprint density at radius 3 is 2.45 bits per heavy atom. The van der Waals surface area contributed by atoms with Crippen molar-refractivity contribution in [2.45, 2.75) is 26.4 Å². The first-order chi connectivity index (χ1) is 9.56. The van der Waals surface area contributed by atoms with Gasteiger partial charge in [-0.25, -0.2) is 4.79 Å². The van der Waals surface area contributed by atoms with E-state index >= 15 is 0 Å². The van der Waals surface area contributed by atoms with Gasteiger partial charge in [-0.3, -0.25) is 9.48 Å². The summed E-state index contributed by atoms with van der Waals surface area (Å²) in [6, 6.07) is 1.79. The molecule has 1 saturated heterocycles. The summed E-state index contributed by atoms with van der Waals surface area (Å²) in [5.41, 5.74) is 0. The van der Waals surface area contributed by atoms with Crippen molar-refractivity contribution >= 4 is 11.9 Å². The molecule has 1 aliphatic rings. The Kier molecular flexibility index (Phi) is 4.60. The summed E-state index contributed by atoms with van der Waals surface area (Å²) in [5.74, 6) is 0.0668. The van der Waals surface area contributed by atoms with Gasteiger partial charge in [0.2, 0.25) is 5.91 Å². The number of piperazine rings is 1. The molecule has 1 atom stereocenters. The average Bonchev–Trinajstić information content (AvgIpc) is 2.91. The van der Waals surface area contributed by atoms with Crippen LogP contribution < -0.4 is 5.32 Å². The molecule has 1 fully saturated rings. The fourth-order valence-corrected chi connectivity index (χ4v) is 2.26. The Hall–Kier alpha value is -2.05. The predicted octanol–water partition coefficient (Wildman–Crippen LogP) is 0.145. The van der Waals surface area contributed by atoms with Crippen LogP contribution in [0.2, 0.25) is 0 Å². The van der Waals surface area contributed by atoms with Crippen molar-refractivity contribution in [2.75, 3.05) is 26.2 Å². The largest absolute Gasteiger partial charge is 0.339 e. The van der Waals surface area contributed by atoms with Crippen LogP contribution in [0.1, 0.15) is 13.8 Å². The second-order valence-corrected chi connectivity index (χ2v) is 5.07. The fraction of sp³-hybridized carbons (Fsp3) is 0.615. The van der Waals surface area contributed by atoms with Crippen molar-refractivity contribution in [2.24, 2.45) is 0 Å². The summed E-state index contributed by atoms with van der Waals surface area (Å²) >= 11 is 0. The van der Waals surface area contributed by atoms with Gasteiger partial charge in [-0.2, -0.15) is 5.10 Å². The molecule has 1 N–H and O–H groups in total. The highest BCUT2D eigenvalue weighted by atomic mass is 16.2. The number of amides is 3. The topological polar surface area (TPSA) is 70.5 Å². The van der Waals surface area contributed by atoms with Crippen LogP contribution in [0.15, 0.2) is 18.5 Å². The lowest BCUT2D eigenvalue weighted by Crippen LogP contribution is -2.54. The van der Waals surface area contributed by atoms with Crippen molar-refractivity contribution in [3.05, 3.63) is 18.5 Å². The molecule has 110 valence electrons. The Morgan fingerprint density at radius 1 is 1.25 bits per heavy atom. The first kappa shape index (κ1) is 14.4. The number of rotatable bonds is 3. The predicted molar refractivity (Wildman–Crippen MR) is 74.0 cm³/mol. The molecule has 2 rings (SSSR count). The minimum Gasteiger partial charge on any atom is -0.339 e. The lowest BCUT2D eigenvalue weighted by molar-refractivity contribution is -0.130. The molecular weight excluding hydrogens is 258 g/mol. The molecule has 7 nitrogen and oxygen atoms in total. The Labute approximate surface area is 118 Å². The lowest BCUT2D eigenvalue weighted by atomic mass is 10.3. The van der Waals surface area contributed by atoms with E-state index in [4.69, 9.17) is 0 Å². The van der Waals surface area contributed by atoms with E-state index in [1.807, 2.05) is 19.2 Å². The summed E-state index contributed by atoms with van der Waals surface area (Å²) in [6.07, 6.45) is 3.59. The summed E-state index contributed by atoms with van der Waals surface area (Å²) < 4.78 is 1.79. The highest BCUT2D eigenvalue weighted by Crippen LogP contribution is 2.03. The zero-order chi connectivity index (χ0) is 14.5. The maximum atomic E-state index is 12.1. The van der Waals surface area contributed by atoms with Crippen LogP contribution in [0.5, 0.6) is 0 Å². The van der Waals surface area contributed by atoms with Crippen LogP contribution >= 0.6 is 0 Å². The number of hydrogen-bond acceptors (Lipinski definition) is 3. The number of carbonyl (C=O) groups is 2. The third-order valence-corrected chi connectivity index (χ3v) is 3.40. The molecule has 1 unspecified atom stereocenters. The van der Waals surface area contributed by atoms with E-state index in [0.29, 0.717) is 32.7 Å². The van der Waals surface area contributed by atoms with E-state index in [1.54, 1.807) is 27.6 Å². The van der Waals surface area contributed by atoms with E-state index in [2.05, 4.69) is 10.4 Å². The lowest BCUT2D eigenvalue weighted by Gasteiger charge is -2.34. The number of hydrogen-bond donors (Lipinski definition) is 1. The quantitative estimate of drug-likeness (QED) is 0.856. The minimum atomic E-state index is -0.0761. The van der Waals surface area contributed by atoms with Gasteiger partial charge in [-0.15, -0.1) is 0 Å². The van der Waals surface area contributed by atoms with Gasteiger partial charge in [0.1, 0.15) is 0 Å². The maximum Gasteiger partial charge on any atom is 0.317 e. The van der Waals surface area contributed by atoms with Crippen LogP contribution in [0.4, 0.5) is 4.79 Å². The van der Waals surface area contributed by atoms with Crippen molar-refractivity contribution in [3.63, 3.8) is 0 Å². The van der Waals surface area contributed by atoms with Crippen LogP contribution in [0.25, 0.3) is 0 Å². The number of nitrogens with one attached hydrogen (secondary N) is 1. The van der Waals surface area contributed by atoms with Crippen LogP contribution in [0, 0.1) is 0 Å². The van der Waals surface area contributed by atoms with Gasteiger partial charge in [-0.05, 0) is 13.0 Å². The van der Waals surface area contributed by atoms with Gasteiger partial charge >= 0.3 is 6.03 Å². The number of aromatic nitrogens is 2. The summed E-state index contributed by atoms with van der Waals surface area (Å²) in [4.78, 5) is 26.8. The molecular formula is C13H21N5O2. The Bertz CT molecular complexity index is 451. The van der Waals surface area contributed by atoms with Gasteiger partial charge in [0.15, 0.2) is 0 Å². The molecule has 1 aromatic heterocycles. The molecule has 0 saturated carbocycles. The second kappa shape index (κ2) is 6.40. The van der Waals surface area contributed by atoms with Crippen molar-refractivity contribution in [1.29, 1.82) is 0 Å². The van der Waals surface area contributed by atoms with Crippen molar-refractivity contribution in [3.8, 4) is 0 Å². The van der Waals surface area contributed by atoms with E-state index < -0.39 is 0 Å². The van der Waals surface area contributed by atoms with Crippen LogP contribution in [0.3, 0.4) is 0 Å². The minimum absolute atomic E-state index is 0.00763. The molecule has 0 aromatic carbocycles. The molecule has 0 aliphatic carbocycles. The van der Waals surface area contributed by atoms with Crippen LogP contribution in [-0.4, -0.2) is 63.7 Å². The number of urea groups is 1. The molecule has 1 aromatic rings. The first-order valence-corrected chi connectivity index (χ1v) is 6.84. The molecule has 2 heterocycles. The Morgan fingerprint density at radius 2 is 1.90 bits per heavy atom. The molecule has 0 radical (unpaired) electrons. The second-order valence-electron chi connectivity index (χ2n) is 5.07. The van der Waals surface area contributed by atoms with E-state index in [-0.39, 0.29) is 18.0 Å². The summed E-state index contributed by atoms with van der Waals surface area (Å²) in [7, 11) is 0. The zero-order valence-electron chi connectivity index (χ0n) is 12.0. The standard InChI is InChI=1S/C13H21N5O2/c1-11(10-18-5-3-4-14-18)15-13(20)17-8-6-16(7-9-17)12(2)19/h3-5,11H,6-10H2,1-2H3,(H,15,20). The molecule has 0 spiro atoms. The molecule has 7 heteroatoms.